The number of halogens is 3. The minimum Gasteiger partial charge on any atom is -0.457 e. The number of benzene rings is 1. The van der Waals surface area contributed by atoms with Crippen molar-refractivity contribution in [2.24, 2.45) is 0 Å². The third-order valence-electron chi connectivity index (χ3n) is 2.05. The molecule has 88 valence electrons. The summed E-state index contributed by atoms with van der Waals surface area (Å²) in [4.78, 5) is 3.33. The van der Waals surface area contributed by atoms with Gasteiger partial charge in [0.15, 0.2) is 0 Å². The van der Waals surface area contributed by atoms with Crippen molar-refractivity contribution in [3.8, 4) is 0 Å². The van der Waals surface area contributed by atoms with Gasteiger partial charge in [0, 0.05) is 12.4 Å². The number of furan rings is 2. The summed E-state index contributed by atoms with van der Waals surface area (Å²) in [7, 11) is 0. The highest BCUT2D eigenvalue weighted by atomic mass is 19.4. The Morgan fingerprint density at radius 2 is 1.53 bits per heavy atom. The van der Waals surface area contributed by atoms with Gasteiger partial charge >= 0.3 is 6.18 Å². The van der Waals surface area contributed by atoms with Gasteiger partial charge in [-0.3, -0.25) is 4.98 Å². The Morgan fingerprint density at radius 1 is 0.941 bits per heavy atom. The van der Waals surface area contributed by atoms with Gasteiger partial charge in [0.2, 0.25) is 0 Å². The Kier molecular flexibility index (Phi) is 2.99. The van der Waals surface area contributed by atoms with E-state index in [1.165, 1.54) is 12.3 Å². The van der Waals surface area contributed by atoms with Crippen LogP contribution in [0.3, 0.4) is 0 Å². The number of hydrogen-bond acceptors (Lipinski definition) is 2. The molecule has 17 heavy (non-hydrogen) atoms. The van der Waals surface area contributed by atoms with Crippen molar-refractivity contribution >= 4 is 11.2 Å². The van der Waals surface area contributed by atoms with Crippen molar-refractivity contribution in [1.29, 1.82) is 0 Å². The molecule has 0 saturated heterocycles. The van der Waals surface area contributed by atoms with E-state index in [2.05, 4.69) is 4.98 Å². The van der Waals surface area contributed by atoms with Gasteiger partial charge in [-0.05, 0) is 36.4 Å². The van der Waals surface area contributed by atoms with Crippen molar-refractivity contribution in [1.82, 2.24) is 4.98 Å². The summed E-state index contributed by atoms with van der Waals surface area (Å²) in [6.07, 6.45) is -2.18. The molecule has 3 aromatic rings. The number of pyridine rings is 1. The lowest BCUT2D eigenvalue weighted by Gasteiger charge is -2.03. The molecule has 5 heteroatoms. The van der Waals surface area contributed by atoms with Gasteiger partial charge in [-0.25, -0.2) is 0 Å². The van der Waals surface area contributed by atoms with E-state index in [0.717, 1.165) is 23.4 Å². The molecule has 0 radical (unpaired) electrons. The Bertz CT molecular complexity index is 514. The van der Waals surface area contributed by atoms with Gasteiger partial charge in [0.1, 0.15) is 11.2 Å². The van der Waals surface area contributed by atoms with E-state index < -0.39 is 11.7 Å². The lowest BCUT2D eigenvalue weighted by atomic mass is 10.3. The molecular weight excluding hydrogens is 231 g/mol. The number of alkyl halides is 3. The van der Waals surface area contributed by atoms with Gasteiger partial charge in [0.05, 0.1) is 5.56 Å². The number of fused-ring (bicyclic) bond motifs is 2. The molecule has 0 amide bonds. The standard InChI is InChI=1S/C6H4F3N.C6H4O/c7-6(8,9)5-2-1-3-10-4-5;1-2-6-4-3-5(1)7-6/h1-4H;1-4H. The second-order valence-corrected chi connectivity index (χ2v) is 3.31. The van der Waals surface area contributed by atoms with Gasteiger partial charge in [-0.2, -0.15) is 13.2 Å². The molecule has 0 unspecified atom stereocenters. The molecule has 3 heterocycles. The molecule has 0 N–H and O–H groups in total. The molecule has 0 aromatic carbocycles. The lowest BCUT2D eigenvalue weighted by molar-refractivity contribution is -0.137. The second kappa shape index (κ2) is 4.45. The van der Waals surface area contributed by atoms with Crippen molar-refractivity contribution in [2.45, 2.75) is 6.18 Å². The van der Waals surface area contributed by atoms with Crippen LogP contribution < -0.4 is 0 Å². The first-order valence-electron chi connectivity index (χ1n) is 4.81. The lowest BCUT2D eigenvalue weighted by Crippen LogP contribution is -2.04. The zero-order valence-electron chi connectivity index (χ0n) is 8.61. The number of hydrogen-bond donors (Lipinski definition) is 0. The summed E-state index contributed by atoms with van der Waals surface area (Å²) >= 11 is 0. The van der Waals surface area contributed by atoms with Crippen molar-refractivity contribution in [2.75, 3.05) is 0 Å². The summed E-state index contributed by atoms with van der Waals surface area (Å²) in [6, 6.07) is 10.0. The van der Waals surface area contributed by atoms with Crippen LogP contribution in [-0.2, 0) is 6.18 Å². The Morgan fingerprint density at radius 3 is 1.76 bits per heavy atom. The first kappa shape index (κ1) is 11.4. The molecule has 0 saturated carbocycles. The smallest absolute Gasteiger partial charge is 0.417 e. The van der Waals surface area contributed by atoms with Crippen LogP contribution >= 0.6 is 0 Å². The van der Waals surface area contributed by atoms with Gasteiger partial charge in [0.25, 0.3) is 0 Å². The zero-order chi connectivity index (χ0) is 12.3. The molecule has 0 fully saturated rings. The quantitative estimate of drug-likeness (QED) is 0.593. The first-order chi connectivity index (χ1) is 8.05. The van der Waals surface area contributed by atoms with E-state index in [-0.39, 0.29) is 0 Å². The average Bonchev–Trinajstić information content (AvgIpc) is 2.94. The van der Waals surface area contributed by atoms with Crippen LogP contribution in [0.4, 0.5) is 13.2 Å². The first-order valence-corrected chi connectivity index (χ1v) is 4.81. The summed E-state index contributed by atoms with van der Waals surface area (Å²) in [6.45, 7) is 0. The molecule has 0 aliphatic heterocycles. The Labute approximate surface area is 95.0 Å². The Hall–Kier alpha value is -2.04. The molecular formula is C12H8F3NO. The van der Waals surface area contributed by atoms with Crippen molar-refractivity contribution < 1.29 is 17.6 Å². The molecule has 3 aromatic heterocycles. The normalized spacial score (nSPS) is 11.2. The molecule has 2 bridgehead atoms. The minimum absolute atomic E-state index is 0.713. The maximum atomic E-state index is 11.7. The highest BCUT2D eigenvalue weighted by molar-refractivity contribution is 5.59. The van der Waals surface area contributed by atoms with Crippen molar-refractivity contribution in [3.63, 3.8) is 0 Å². The van der Waals surface area contributed by atoms with Crippen LogP contribution in [0.15, 0.2) is 53.2 Å². The predicted molar refractivity (Wildman–Crippen MR) is 56.6 cm³/mol. The third kappa shape index (κ3) is 2.96. The topological polar surface area (TPSA) is 26.0 Å². The van der Waals surface area contributed by atoms with E-state index in [1.807, 2.05) is 24.3 Å². The number of nitrogens with zero attached hydrogens (tertiary/aromatic N) is 1. The van der Waals surface area contributed by atoms with Crippen LogP contribution in [0.5, 0.6) is 0 Å². The minimum atomic E-state index is -4.27. The van der Waals surface area contributed by atoms with E-state index in [0.29, 0.717) is 0 Å². The van der Waals surface area contributed by atoms with Gasteiger partial charge in [-0.1, -0.05) is 0 Å². The van der Waals surface area contributed by atoms with Crippen LogP contribution in [0.2, 0.25) is 0 Å². The fourth-order valence-electron chi connectivity index (χ4n) is 1.24. The van der Waals surface area contributed by atoms with Crippen LogP contribution in [-0.4, -0.2) is 4.98 Å². The summed E-state index contributed by atoms with van der Waals surface area (Å²) in [5, 5.41) is 0. The zero-order valence-corrected chi connectivity index (χ0v) is 8.61. The maximum absolute atomic E-state index is 11.7. The largest absolute Gasteiger partial charge is 0.457 e. The molecule has 0 aliphatic carbocycles. The molecule has 2 nitrogen and oxygen atoms in total. The molecule has 0 spiro atoms. The van der Waals surface area contributed by atoms with E-state index >= 15 is 0 Å². The second-order valence-electron chi connectivity index (χ2n) is 3.31. The maximum Gasteiger partial charge on any atom is 0.417 e. The summed E-state index contributed by atoms with van der Waals surface area (Å²) in [5.74, 6) is 0. The average molecular weight is 239 g/mol. The molecule has 0 atom stereocenters. The highest BCUT2D eigenvalue weighted by Crippen LogP contribution is 2.27. The Balaban J connectivity index is 0.000000134. The van der Waals surface area contributed by atoms with Gasteiger partial charge < -0.3 is 4.42 Å². The molecule has 3 rings (SSSR count). The van der Waals surface area contributed by atoms with Gasteiger partial charge in [-0.15, -0.1) is 0 Å². The summed E-state index contributed by atoms with van der Waals surface area (Å²) in [5.41, 5.74) is 1.22. The van der Waals surface area contributed by atoms with E-state index in [4.69, 9.17) is 4.42 Å². The van der Waals surface area contributed by atoms with Crippen LogP contribution in [0.1, 0.15) is 5.56 Å². The van der Waals surface area contributed by atoms with E-state index in [9.17, 15) is 13.2 Å². The fourth-order valence-corrected chi connectivity index (χ4v) is 1.24. The van der Waals surface area contributed by atoms with Crippen LogP contribution in [0.25, 0.3) is 11.2 Å². The summed E-state index contributed by atoms with van der Waals surface area (Å²) < 4.78 is 40.3. The SMILES string of the molecule is FC(F)(F)c1cccnc1.c1cc2ccc1o2. The monoisotopic (exact) mass is 239 g/mol. The number of aromatic nitrogens is 1. The fraction of sp³-hybridized carbons (Fsp3) is 0.0833. The van der Waals surface area contributed by atoms with Crippen LogP contribution in [0, 0.1) is 0 Å². The van der Waals surface area contributed by atoms with E-state index in [1.54, 1.807) is 0 Å². The highest BCUT2D eigenvalue weighted by Gasteiger charge is 2.30. The number of rotatable bonds is 0. The van der Waals surface area contributed by atoms with Crippen molar-refractivity contribution in [3.05, 3.63) is 54.4 Å². The predicted octanol–water partition coefficient (Wildman–Crippen LogP) is 3.97. The third-order valence-corrected chi connectivity index (χ3v) is 2.05. The molecule has 0 aliphatic rings.